The third kappa shape index (κ3) is 3.57. The quantitative estimate of drug-likeness (QED) is 0.765. The topological polar surface area (TPSA) is 21.3 Å². The Bertz CT molecular complexity index is 396. The highest BCUT2D eigenvalue weighted by Gasteiger charge is 2.32. The molecule has 1 aromatic heterocycles. The predicted molar refractivity (Wildman–Crippen MR) is 84.3 cm³/mol. The minimum absolute atomic E-state index is 0.296. The first-order valence-electron chi connectivity index (χ1n) is 6.45. The Morgan fingerprint density at radius 2 is 2.28 bits per heavy atom. The Labute approximate surface area is 130 Å². The van der Waals surface area contributed by atoms with Gasteiger partial charge in [0.05, 0.1) is 25.8 Å². The molecule has 0 saturated carbocycles. The maximum Gasteiger partial charge on any atom is 0.0775 e. The fraction of sp³-hybridized carbons (Fsp3) is 0.692. The Kier molecular flexibility index (Phi) is 5.69. The van der Waals surface area contributed by atoms with Gasteiger partial charge < -0.3 is 10.1 Å². The molecule has 0 bridgehead atoms. The van der Waals surface area contributed by atoms with Crippen LogP contribution in [-0.4, -0.2) is 18.8 Å². The van der Waals surface area contributed by atoms with Crippen LogP contribution < -0.4 is 5.32 Å². The summed E-state index contributed by atoms with van der Waals surface area (Å²) in [6.45, 7) is 5.38. The van der Waals surface area contributed by atoms with Gasteiger partial charge >= 0.3 is 0 Å². The molecule has 1 aliphatic heterocycles. The normalized spacial score (nSPS) is 25.6. The Hall–Kier alpha value is 0.580. The lowest BCUT2D eigenvalue weighted by Crippen LogP contribution is -2.32. The molecule has 5 heteroatoms. The standard InChI is InChI=1S/C13H19Br2NOS/c1-3-6-16-12(10-5-4-8(2)17-10)9-7-11(14)18-13(9)15/h7-8,10,12,16H,3-6H2,1-2H3. The molecule has 102 valence electrons. The summed E-state index contributed by atoms with van der Waals surface area (Å²) in [5.41, 5.74) is 1.32. The van der Waals surface area contributed by atoms with Crippen molar-refractivity contribution in [2.45, 2.75) is 51.4 Å². The molecular formula is C13H19Br2NOS. The fourth-order valence-corrected chi connectivity index (χ4v) is 5.31. The Morgan fingerprint density at radius 3 is 2.78 bits per heavy atom. The molecule has 1 saturated heterocycles. The minimum atomic E-state index is 0.296. The van der Waals surface area contributed by atoms with Gasteiger partial charge in [-0.05, 0) is 76.2 Å². The lowest BCUT2D eigenvalue weighted by Gasteiger charge is -2.24. The van der Waals surface area contributed by atoms with Gasteiger partial charge in [0.1, 0.15) is 0 Å². The van der Waals surface area contributed by atoms with E-state index >= 15 is 0 Å². The lowest BCUT2D eigenvalue weighted by molar-refractivity contribution is 0.0316. The third-order valence-corrected chi connectivity index (χ3v) is 5.65. The molecule has 2 nitrogen and oxygen atoms in total. The van der Waals surface area contributed by atoms with Crippen LogP contribution >= 0.6 is 43.2 Å². The first-order chi connectivity index (χ1) is 8.61. The monoisotopic (exact) mass is 395 g/mol. The smallest absolute Gasteiger partial charge is 0.0775 e. The van der Waals surface area contributed by atoms with Crippen LogP contribution in [0.3, 0.4) is 0 Å². The van der Waals surface area contributed by atoms with Crippen LogP contribution in [0.1, 0.15) is 44.7 Å². The van der Waals surface area contributed by atoms with Gasteiger partial charge in [-0.3, -0.25) is 0 Å². The molecule has 0 aliphatic carbocycles. The number of nitrogens with one attached hydrogen (secondary N) is 1. The van der Waals surface area contributed by atoms with Gasteiger partial charge in [-0.1, -0.05) is 6.92 Å². The van der Waals surface area contributed by atoms with E-state index in [0.29, 0.717) is 18.2 Å². The van der Waals surface area contributed by atoms with Crippen molar-refractivity contribution in [3.8, 4) is 0 Å². The van der Waals surface area contributed by atoms with Crippen molar-refractivity contribution in [2.24, 2.45) is 0 Å². The van der Waals surface area contributed by atoms with Crippen LogP contribution in [0.5, 0.6) is 0 Å². The average Bonchev–Trinajstić information content (AvgIpc) is 2.87. The molecule has 1 N–H and O–H groups in total. The summed E-state index contributed by atoms with van der Waals surface area (Å²) < 4.78 is 8.41. The number of hydrogen-bond acceptors (Lipinski definition) is 3. The van der Waals surface area contributed by atoms with E-state index in [4.69, 9.17) is 4.74 Å². The molecule has 2 rings (SSSR count). The highest BCUT2D eigenvalue weighted by atomic mass is 79.9. The van der Waals surface area contributed by atoms with Gasteiger partial charge in [-0.15, -0.1) is 11.3 Å². The van der Waals surface area contributed by atoms with Crippen molar-refractivity contribution < 1.29 is 4.74 Å². The van der Waals surface area contributed by atoms with E-state index < -0.39 is 0 Å². The summed E-state index contributed by atoms with van der Waals surface area (Å²) in [7, 11) is 0. The Balaban J connectivity index is 2.16. The maximum atomic E-state index is 6.05. The van der Waals surface area contributed by atoms with E-state index in [-0.39, 0.29) is 0 Å². The van der Waals surface area contributed by atoms with Crippen LogP contribution in [0.15, 0.2) is 13.6 Å². The number of halogens is 2. The van der Waals surface area contributed by atoms with Crippen molar-refractivity contribution in [2.75, 3.05) is 6.54 Å². The van der Waals surface area contributed by atoms with Crippen LogP contribution in [0, 0.1) is 0 Å². The van der Waals surface area contributed by atoms with Crippen molar-refractivity contribution in [1.82, 2.24) is 5.32 Å². The molecule has 3 atom stereocenters. The van der Waals surface area contributed by atoms with Gasteiger partial charge in [-0.25, -0.2) is 0 Å². The highest BCUT2D eigenvalue weighted by Crippen LogP contribution is 2.39. The van der Waals surface area contributed by atoms with Crippen LogP contribution in [-0.2, 0) is 4.74 Å². The van der Waals surface area contributed by atoms with Crippen LogP contribution in [0.25, 0.3) is 0 Å². The minimum Gasteiger partial charge on any atom is -0.373 e. The molecule has 0 spiro atoms. The molecule has 2 heterocycles. The molecule has 1 aliphatic rings. The molecule has 3 unspecified atom stereocenters. The van der Waals surface area contributed by atoms with Crippen molar-refractivity contribution in [3.63, 3.8) is 0 Å². The molecule has 0 amide bonds. The van der Waals surface area contributed by atoms with Crippen LogP contribution in [0.4, 0.5) is 0 Å². The van der Waals surface area contributed by atoms with E-state index in [9.17, 15) is 0 Å². The number of thiophene rings is 1. The van der Waals surface area contributed by atoms with E-state index in [0.717, 1.165) is 25.8 Å². The SMILES string of the molecule is CCCNC(c1cc(Br)sc1Br)C1CCC(C)O1. The largest absolute Gasteiger partial charge is 0.373 e. The predicted octanol–water partition coefficient (Wildman–Crippen LogP) is 4.88. The third-order valence-electron chi connectivity index (χ3n) is 3.27. The average molecular weight is 397 g/mol. The van der Waals surface area contributed by atoms with Gasteiger partial charge in [0.15, 0.2) is 0 Å². The summed E-state index contributed by atoms with van der Waals surface area (Å²) in [6, 6.07) is 2.50. The van der Waals surface area contributed by atoms with Gasteiger partial charge in [0.25, 0.3) is 0 Å². The van der Waals surface area contributed by atoms with Crippen molar-refractivity contribution >= 4 is 43.2 Å². The molecular weight excluding hydrogens is 378 g/mol. The summed E-state index contributed by atoms with van der Waals surface area (Å²) >= 11 is 8.95. The van der Waals surface area contributed by atoms with Crippen molar-refractivity contribution in [1.29, 1.82) is 0 Å². The summed E-state index contributed by atoms with van der Waals surface area (Å²) in [5.74, 6) is 0. The second-order valence-corrected chi connectivity index (χ2v) is 8.52. The molecule has 18 heavy (non-hydrogen) atoms. The van der Waals surface area contributed by atoms with Gasteiger partial charge in [0.2, 0.25) is 0 Å². The van der Waals surface area contributed by atoms with Gasteiger partial charge in [0, 0.05) is 0 Å². The molecule has 1 aromatic rings. The molecule has 0 aromatic carbocycles. The zero-order valence-electron chi connectivity index (χ0n) is 10.7. The summed E-state index contributed by atoms with van der Waals surface area (Å²) in [6.07, 6.45) is 4.13. The highest BCUT2D eigenvalue weighted by molar-refractivity contribution is 9.12. The Morgan fingerprint density at radius 1 is 1.50 bits per heavy atom. The van der Waals surface area contributed by atoms with E-state index in [2.05, 4.69) is 57.1 Å². The number of hydrogen-bond donors (Lipinski definition) is 1. The number of ether oxygens (including phenoxy) is 1. The van der Waals surface area contributed by atoms with E-state index in [1.54, 1.807) is 11.3 Å². The van der Waals surface area contributed by atoms with Crippen LogP contribution in [0.2, 0.25) is 0 Å². The zero-order valence-corrected chi connectivity index (χ0v) is 14.7. The molecule has 0 radical (unpaired) electrons. The first-order valence-corrected chi connectivity index (χ1v) is 8.85. The zero-order chi connectivity index (χ0) is 13.1. The second kappa shape index (κ2) is 6.84. The summed E-state index contributed by atoms with van der Waals surface area (Å²) in [5, 5.41) is 3.63. The van der Waals surface area contributed by atoms with Gasteiger partial charge in [-0.2, -0.15) is 0 Å². The second-order valence-electron chi connectivity index (χ2n) is 4.77. The summed E-state index contributed by atoms with van der Waals surface area (Å²) in [4.78, 5) is 0. The maximum absolute atomic E-state index is 6.05. The van der Waals surface area contributed by atoms with E-state index in [1.165, 1.54) is 13.1 Å². The van der Waals surface area contributed by atoms with E-state index in [1.807, 2.05) is 0 Å². The lowest BCUT2D eigenvalue weighted by atomic mass is 10.0. The fourth-order valence-electron chi connectivity index (χ4n) is 2.39. The number of rotatable bonds is 5. The molecule has 1 fully saturated rings. The first kappa shape index (κ1) is 15.0. The van der Waals surface area contributed by atoms with Crippen molar-refractivity contribution in [3.05, 3.63) is 19.2 Å².